The molecule has 1 N–H and O–H groups in total. The molecule has 3 heteroatoms. The molecule has 0 aliphatic carbocycles. The summed E-state index contributed by atoms with van der Waals surface area (Å²) in [5.41, 5.74) is 3.38. The van der Waals surface area contributed by atoms with Crippen LogP contribution in [0.4, 0.5) is 5.69 Å². The highest BCUT2D eigenvalue weighted by Gasteiger charge is 2.24. The van der Waals surface area contributed by atoms with E-state index in [0.717, 1.165) is 17.9 Å². The second-order valence-corrected chi connectivity index (χ2v) is 5.30. The molecule has 1 saturated heterocycles. The van der Waals surface area contributed by atoms with E-state index in [0.29, 0.717) is 12.1 Å². The van der Waals surface area contributed by atoms with Crippen molar-refractivity contribution < 1.29 is 0 Å². The Hall–Kier alpha value is -1.09. The first-order chi connectivity index (χ1) is 8.06. The van der Waals surface area contributed by atoms with Crippen molar-refractivity contribution >= 4 is 5.69 Å². The van der Waals surface area contributed by atoms with Gasteiger partial charge in [0.05, 0.1) is 11.4 Å². The quantitative estimate of drug-likeness (QED) is 0.870. The highest BCUT2D eigenvalue weighted by Crippen LogP contribution is 2.19. The van der Waals surface area contributed by atoms with Crippen molar-refractivity contribution in [3.63, 3.8) is 0 Å². The van der Waals surface area contributed by atoms with Gasteiger partial charge in [-0.25, -0.2) is 0 Å². The van der Waals surface area contributed by atoms with Crippen LogP contribution < -0.4 is 5.32 Å². The molecule has 0 aromatic carbocycles. The third-order valence-electron chi connectivity index (χ3n) is 3.53. The van der Waals surface area contributed by atoms with Gasteiger partial charge in [0.2, 0.25) is 0 Å². The van der Waals surface area contributed by atoms with Gasteiger partial charge in [-0.05, 0) is 46.2 Å². The van der Waals surface area contributed by atoms with E-state index in [9.17, 15) is 0 Å². The Balaban J connectivity index is 1.98. The van der Waals surface area contributed by atoms with E-state index in [-0.39, 0.29) is 0 Å². The summed E-state index contributed by atoms with van der Waals surface area (Å²) >= 11 is 0. The van der Waals surface area contributed by atoms with E-state index in [1.54, 1.807) is 0 Å². The largest absolute Gasteiger partial charge is 0.380 e. The van der Waals surface area contributed by atoms with Crippen molar-refractivity contribution in [1.82, 2.24) is 9.88 Å². The molecule has 94 valence electrons. The minimum Gasteiger partial charge on any atom is -0.380 e. The van der Waals surface area contributed by atoms with Gasteiger partial charge in [0.1, 0.15) is 0 Å². The Kier molecular flexibility index (Phi) is 3.67. The lowest BCUT2D eigenvalue weighted by atomic mass is 10.2. The van der Waals surface area contributed by atoms with Crippen molar-refractivity contribution in [2.75, 3.05) is 18.4 Å². The fraction of sp³-hybridized carbons (Fsp3) is 0.643. The van der Waals surface area contributed by atoms with E-state index < -0.39 is 0 Å². The number of rotatable bonds is 3. The summed E-state index contributed by atoms with van der Waals surface area (Å²) in [6.07, 6.45) is 1.23. The first-order valence-corrected chi connectivity index (χ1v) is 6.51. The fourth-order valence-corrected chi connectivity index (χ4v) is 2.43. The van der Waals surface area contributed by atoms with Gasteiger partial charge in [-0.1, -0.05) is 0 Å². The zero-order chi connectivity index (χ0) is 12.4. The first kappa shape index (κ1) is 12.4. The Morgan fingerprint density at radius 3 is 2.71 bits per heavy atom. The molecule has 17 heavy (non-hydrogen) atoms. The van der Waals surface area contributed by atoms with Gasteiger partial charge in [0.15, 0.2) is 0 Å². The van der Waals surface area contributed by atoms with Crippen LogP contribution in [0.5, 0.6) is 0 Å². The molecule has 1 fully saturated rings. The standard InChI is InChI=1S/C14H23N3/c1-10(2)17-8-7-13(9-17)16-14-6-5-11(3)15-12(14)4/h5-6,10,13,16H,7-9H2,1-4H3. The van der Waals surface area contributed by atoms with Crippen LogP contribution in [-0.2, 0) is 0 Å². The van der Waals surface area contributed by atoms with Gasteiger partial charge in [-0.2, -0.15) is 0 Å². The Morgan fingerprint density at radius 1 is 1.35 bits per heavy atom. The number of pyridine rings is 1. The van der Waals surface area contributed by atoms with Crippen LogP contribution in [0.2, 0.25) is 0 Å². The summed E-state index contributed by atoms with van der Waals surface area (Å²) < 4.78 is 0. The van der Waals surface area contributed by atoms with Crippen LogP contribution in [-0.4, -0.2) is 35.1 Å². The molecular formula is C14H23N3. The summed E-state index contributed by atoms with van der Waals surface area (Å²) in [7, 11) is 0. The summed E-state index contributed by atoms with van der Waals surface area (Å²) in [6, 6.07) is 5.44. The predicted octanol–water partition coefficient (Wildman–Crippen LogP) is 2.59. The van der Waals surface area contributed by atoms with Crippen LogP contribution >= 0.6 is 0 Å². The van der Waals surface area contributed by atoms with E-state index in [1.165, 1.54) is 18.7 Å². The lowest BCUT2D eigenvalue weighted by molar-refractivity contribution is 0.274. The number of hydrogen-bond donors (Lipinski definition) is 1. The Labute approximate surface area is 104 Å². The molecule has 1 atom stereocenters. The van der Waals surface area contributed by atoms with Gasteiger partial charge in [-0.3, -0.25) is 9.88 Å². The maximum Gasteiger partial charge on any atom is 0.0606 e. The molecule has 0 spiro atoms. The van der Waals surface area contributed by atoms with E-state index in [4.69, 9.17) is 0 Å². The highest BCUT2D eigenvalue weighted by atomic mass is 15.2. The number of nitrogens with one attached hydrogen (secondary N) is 1. The minimum atomic E-state index is 0.570. The third-order valence-corrected chi connectivity index (χ3v) is 3.53. The van der Waals surface area contributed by atoms with Gasteiger partial charge in [0.25, 0.3) is 0 Å². The van der Waals surface area contributed by atoms with Crippen molar-refractivity contribution in [1.29, 1.82) is 0 Å². The SMILES string of the molecule is Cc1ccc(NC2CCN(C(C)C)C2)c(C)n1. The number of anilines is 1. The molecule has 0 radical (unpaired) electrons. The Morgan fingerprint density at radius 2 is 2.12 bits per heavy atom. The van der Waals surface area contributed by atoms with Crippen LogP contribution in [0.1, 0.15) is 31.7 Å². The smallest absolute Gasteiger partial charge is 0.0606 e. The zero-order valence-electron chi connectivity index (χ0n) is 11.3. The van der Waals surface area contributed by atoms with Crippen molar-refractivity contribution in [3.8, 4) is 0 Å². The molecular weight excluding hydrogens is 210 g/mol. The average molecular weight is 233 g/mol. The second kappa shape index (κ2) is 5.05. The number of hydrogen-bond acceptors (Lipinski definition) is 3. The lowest BCUT2D eigenvalue weighted by Crippen LogP contribution is -2.31. The first-order valence-electron chi connectivity index (χ1n) is 6.51. The van der Waals surface area contributed by atoms with Crippen LogP contribution in [0.15, 0.2) is 12.1 Å². The van der Waals surface area contributed by atoms with Crippen LogP contribution in [0, 0.1) is 13.8 Å². The summed E-state index contributed by atoms with van der Waals surface area (Å²) in [4.78, 5) is 7.02. The van der Waals surface area contributed by atoms with Gasteiger partial charge in [-0.15, -0.1) is 0 Å². The molecule has 2 rings (SSSR count). The minimum absolute atomic E-state index is 0.570. The lowest BCUT2D eigenvalue weighted by Gasteiger charge is -2.21. The summed E-state index contributed by atoms with van der Waals surface area (Å²) in [6.45, 7) is 11.0. The molecule has 2 heterocycles. The zero-order valence-corrected chi connectivity index (χ0v) is 11.3. The van der Waals surface area contributed by atoms with Gasteiger partial charge < -0.3 is 5.32 Å². The fourth-order valence-electron chi connectivity index (χ4n) is 2.43. The van der Waals surface area contributed by atoms with Crippen LogP contribution in [0.25, 0.3) is 0 Å². The molecule has 1 aliphatic heterocycles. The molecule has 0 amide bonds. The monoisotopic (exact) mass is 233 g/mol. The topological polar surface area (TPSA) is 28.2 Å². The summed E-state index contributed by atoms with van der Waals surface area (Å²) in [5, 5.41) is 3.62. The number of aryl methyl sites for hydroxylation is 2. The van der Waals surface area contributed by atoms with E-state index in [1.807, 2.05) is 6.92 Å². The maximum atomic E-state index is 4.49. The number of aromatic nitrogens is 1. The van der Waals surface area contributed by atoms with Crippen molar-refractivity contribution in [2.45, 2.75) is 46.2 Å². The van der Waals surface area contributed by atoms with Crippen molar-refractivity contribution in [2.24, 2.45) is 0 Å². The Bertz CT molecular complexity index is 387. The second-order valence-electron chi connectivity index (χ2n) is 5.30. The van der Waals surface area contributed by atoms with Gasteiger partial charge in [0, 0.05) is 30.9 Å². The van der Waals surface area contributed by atoms with Crippen molar-refractivity contribution in [3.05, 3.63) is 23.5 Å². The maximum absolute atomic E-state index is 4.49. The molecule has 1 aromatic heterocycles. The molecule has 3 nitrogen and oxygen atoms in total. The van der Waals surface area contributed by atoms with E-state index >= 15 is 0 Å². The third kappa shape index (κ3) is 2.97. The normalized spacial score (nSPS) is 21.1. The van der Waals surface area contributed by atoms with Crippen LogP contribution in [0.3, 0.4) is 0 Å². The molecule has 1 aromatic rings. The highest BCUT2D eigenvalue weighted by molar-refractivity contribution is 5.48. The predicted molar refractivity (Wildman–Crippen MR) is 72.4 cm³/mol. The number of nitrogens with zero attached hydrogens (tertiary/aromatic N) is 2. The summed E-state index contributed by atoms with van der Waals surface area (Å²) in [5.74, 6) is 0. The molecule has 0 bridgehead atoms. The number of likely N-dealkylation sites (tertiary alicyclic amines) is 1. The average Bonchev–Trinajstić information content (AvgIpc) is 2.71. The molecule has 1 unspecified atom stereocenters. The van der Waals surface area contributed by atoms with E-state index in [2.05, 4.69) is 48.1 Å². The molecule has 1 aliphatic rings. The molecule has 0 saturated carbocycles. The van der Waals surface area contributed by atoms with Gasteiger partial charge >= 0.3 is 0 Å².